The summed E-state index contributed by atoms with van der Waals surface area (Å²) < 4.78 is 5.39. The van der Waals surface area contributed by atoms with Crippen molar-refractivity contribution < 1.29 is 9.53 Å². The highest BCUT2D eigenvalue weighted by atomic mass is 16.5. The van der Waals surface area contributed by atoms with Crippen molar-refractivity contribution in [1.82, 2.24) is 4.90 Å². The highest BCUT2D eigenvalue weighted by Crippen LogP contribution is 2.23. The van der Waals surface area contributed by atoms with Crippen molar-refractivity contribution in [1.29, 1.82) is 0 Å². The molecule has 2 rings (SSSR count). The lowest BCUT2D eigenvalue weighted by Gasteiger charge is -2.39. The summed E-state index contributed by atoms with van der Waals surface area (Å²) in [7, 11) is 0. The standard InChI is InChI=1S/C10H18N2O2/c11-2-1-3-12-4-8-6-14-7-9(5-12)10(8)13/h8-9H,1-7,11H2. The van der Waals surface area contributed by atoms with E-state index in [2.05, 4.69) is 4.90 Å². The number of piperidine rings is 1. The van der Waals surface area contributed by atoms with Gasteiger partial charge in [-0.15, -0.1) is 0 Å². The van der Waals surface area contributed by atoms with E-state index >= 15 is 0 Å². The molecule has 2 bridgehead atoms. The molecule has 0 aliphatic carbocycles. The Hall–Kier alpha value is -0.450. The van der Waals surface area contributed by atoms with Crippen LogP contribution in [0.2, 0.25) is 0 Å². The van der Waals surface area contributed by atoms with Crippen LogP contribution in [0.1, 0.15) is 6.42 Å². The fourth-order valence-electron chi connectivity index (χ4n) is 2.33. The number of carbonyl (C=O) groups is 1. The van der Waals surface area contributed by atoms with E-state index in [0.717, 1.165) is 32.6 Å². The Balaban J connectivity index is 1.90. The number of fused-ring (bicyclic) bond motifs is 2. The number of likely N-dealkylation sites (tertiary alicyclic amines) is 1. The molecule has 4 heteroatoms. The monoisotopic (exact) mass is 198 g/mol. The van der Waals surface area contributed by atoms with Gasteiger partial charge in [0.1, 0.15) is 5.78 Å². The Morgan fingerprint density at radius 3 is 2.57 bits per heavy atom. The van der Waals surface area contributed by atoms with Gasteiger partial charge in [-0.25, -0.2) is 0 Å². The molecule has 2 unspecified atom stereocenters. The zero-order valence-corrected chi connectivity index (χ0v) is 8.45. The van der Waals surface area contributed by atoms with Gasteiger partial charge < -0.3 is 15.4 Å². The van der Waals surface area contributed by atoms with E-state index in [1.54, 1.807) is 0 Å². The Labute approximate surface area is 84.4 Å². The molecule has 2 aliphatic heterocycles. The average molecular weight is 198 g/mol. The molecule has 0 radical (unpaired) electrons. The molecule has 0 aromatic carbocycles. The fourth-order valence-corrected chi connectivity index (χ4v) is 2.33. The molecule has 0 saturated carbocycles. The molecule has 2 N–H and O–H groups in total. The second kappa shape index (κ2) is 4.38. The van der Waals surface area contributed by atoms with E-state index in [1.807, 2.05) is 0 Å². The van der Waals surface area contributed by atoms with Crippen LogP contribution in [-0.2, 0) is 9.53 Å². The number of carbonyl (C=O) groups excluding carboxylic acids is 1. The first-order valence-electron chi connectivity index (χ1n) is 5.35. The molecule has 2 atom stereocenters. The topological polar surface area (TPSA) is 55.6 Å². The van der Waals surface area contributed by atoms with E-state index in [-0.39, 0.29) is 11.8 Å². The normalized spacial score (nSPS) is 33.4. The summed E-state index contributed by atoms with van der Waals surface area (Å²) in [6.07, 6.45) is 1.02. The molecular weight excluding hydrogens is 180 g/mol. The van der Waals surface area contributed by atoms with E-state index in [0.29, 0.717) is 19.0 Å². The van der Waals surface area contributed by atoms with Gasteiger partial charge in [0.25, 0.3) is 0 Å². The SMILES string of the molecule is NCCCN1CC2COCC(C1)C2=O. The summed E-state index contributed by atoms with van der Waals surface area (Å²) in [6, 6.07) is 0. The van der Waals surface area contributed by atoms with Crippen molar-refractivity contribution in [3.05, 3.63) is 0 Å². The van der Waals surface area contributed by atoms with Crippen LogP contribution in [0.4, 0.5) is 0 Å². The predicted octanol–water partition coefficient (Wildman–Crippen LogP) is -0.517. The van der Waals surface area contributed by atoms with Crippen molar-refractivity contribution >= 4 is 5.78 Å². The van der Waals surface area contributed by atoms with Gasteiger partial charge in [0, 0.05) is 13.1 Å². The Bertz CT molecular complexity index is 204. The van der Waals surface area contributed by atoms with Crippen LogP contribution in [-0.4, -0.2) is 50.1 Å². The summed E-state index contributed by atoms with van der Waals surface area (Å²) in [5.74, 6) is 0.667. The first kappa shape index (κ1) is 10.1. The Kier molecular flexibility index (Phi) is 3.15. The zero-order chi connectivity index (χ0) is 9.97. The third kappa shape index (κ3) is 1.97. The second-order valence-corrected chi connectivity index (χ2v) is 4.24. The first-order chi connectivity index (χ1) is 6.81. The van der Waals surface area contributed by atoms with E-state index < -0.39 is 0 Å². The molecule has 0 aromatic rings. The van der Waals surface area contributed by atoms with E-state index in [1.165, 1.54) is 0 Å². The molecule has 14 heavy (non-hydrogen) atoms. The van der Waals surface area contributed by atoms with Crippen LogP contribution in [0, 0.1) is 11.8 Å². The van der Waals surface area contributed by atoms with Crippen LogP contribution >= 0.6 is 0 Å². The van der Waals surface area contributed by atoms with Crippen molar-refractivity contribution in [2.45, 2.75) is 6.42 Å². The zero-order valence-electron chi connectivity index (χ0n) is 8.45. The number of Topliss-reactive ketones (excluding diaryl/α,β-unsaturated/α-hetero) is 1. The van der Waals surface area contributed by atoms with Crippen LogP contribution in [0.25, 0.3) is 0 Å². The highest BCUT2D eigenvalue weighted by Gasteiger charge is 2.38. The second-order valence-electron chi connectivity index (χ2n) is 4.24. The maximum atomic E-state index is 11.7. The van der Waals surface area contributed by atoms with Crippen molar-refractivity contribution in [2.24, 2.45) is 17.6 Å². The van der Waals surface area contributed by atoms with Gasteiger partial charge in [0.2, 0.25) is 0 Å². The van der Waals surface area contributed by atoms with Crippen molar-refractivity contribution in [3.8, 4) is 0 Å². The van der Waals surface area contributed by atoms with Gasteiger partial charge >= 0.3 is 0 Å². The largest absolute Gasteiger partial charge is 0.380 e. The number of ether oxygens (including phenoxy) is 1. The molecule has 0 spiro atoms. The molecule has 2 heterocycles. The van der Waals surface area contributed by atoms with Crippen LogP contribution in [0.15, 0.2) is 0 Å². The summed E-state index contributed by atoms with van der Waals surface area (Å²) in [5, 5.41) is 0. The lowest BCUT2D eigenvalue weighted by atomic mass is 9.86. The van der Waals surface area contributed by atoms with Gasteiger partial charge in [-0.3, -0.25) is 4.79 Å². The average Bonchev–Trinajstić information content (AvgIpc) is 2.15. The van der Waals surface area contributed by atoms with Crippen molar-refractivity contribution in [3.63, 3.8) is 0 Å². The van der Waals surface area contributed by atoms with Crippen LogP contribution in [0.5, 0.6) is 0 Å². The van der Waals surface area contributed by atoms with Gasteiger partial charge in [-0.2, -0.15) is 0 Å². The minimum absolute atomic E-state index is 0.125. The maximum Gasteiger partial charge on any atom is 0.146 e. The number of hydrogen-bond donors (Lipinski definition) is 1. The number of ketones is 1. The van der Waals surface area contributed by atoms with Gasteiger partial charge in [0.05, 0.1) is 25.0 Å². The fraction of sp³-hybridized carbons (Fsp3) is 0.900. The molecule has 80 valence electrons. The smallest absolute Gasteiger partial charge is 0.146 e. The minimum Gasteiger partial charge on any atom is -0.380 e. The molecule has 0 aromatic heterocycles. The molecule has 2 saturated heterocycles. The van der Waals surface area contributed by atoms with E-state index in [4.69, 9.17) is 10.5 Å². The third-order valence-corrected chi connectivity index (χ3v) is 3.08. The lowest BCUT2D eigenvalue weighted by molar-refractivity contribution is -0.144. The third-order valence-electron chi connectivity index (χ3n) is 3.08. The molecule has 2 aliphatic rings. The summed E-state index contributed by atoms with van der Waals surface area (Å²) in [5.41, 5.74) is 5.47. The molecular formula is C10H18N2O2. The number of hydrogen-bond acceptors (Lipinski definition) is 4. The minimum atomic E-state index is 0.125. The number of nitrogens with zero attached hydrogens (tertiary/aromatic N) is 1. The van der Waals surface area contributed by atoms with Gasteiger partial charge in [-0.1, -0.05) is 0 Å². The number of nitrogens with two attached hydrogens (primary N) is 1. The molecule has 0 amide bonds. The van der Waals surface area contributed by atoms with Crippen molar-refractivity contribution in [2.75, 3.05) is 39.4 Å². The molecule has 2 fully saturated rings. The molecule has 4 nitrogen and oxygen atoms in total. The number of rotatable bonds is 3. The van der Waals surface area contributed by atoms with Gasteiger partial charge in [0.15, 0.2) is 0 Å². The highest BCUT2D eigenvalue weighted by molar-refractivity contribution is 5.85. The maximum absolute atomic E-state index is 11.7. The van der Waals surface area contributed by atoms with E-state index in [9.17, 15) is 4.79 Å². The summed E-state index contributed by atoms with van der Waals surface area (Å²) in [6.45, 7) is 4.74. The summed E-state index contributed by atoms with van der Waals surface area (Å²) >= 11 is 0. The summed E-state index contributed by atoms with van der Waals surface area (Å²) in [4.78, 5) is 14.0. The first-order valence-corrected chi connectivity index (χ1v) is 5.35. The van der Waals surface area contributed by atoms with Crippen LogP contribution in [0.3, 0.4) is 0 Å². The Morgan fingerprint density at radius 1 is 1.36 bits per heavy atom. The Morgan fingerprint density at radius 2 is 2.00 bits per heavy atom. The lowest BCUT2D eigenvalue weighted by Crippen LogP contribution is -2.53. The quantitative estimate of drug-likeness (QED) is 0.663. The van der Waals surface area contributed by atoms with Crippen LogP contribution < -0.4 is 5.73 Å². The van der Waals surface area contributed by atoms with Gasteiger partial charge in [-0.05, 0) is 19.5 Å². The predicted molar refractivity (Wildman–Crippen MR) is 52.9 cm³/mol.